The van der Waals surface area contributed by atoms with E-state index in [0.29, 0.717) is 17.6 Å². The van der Waals surface area contributed by atoms with Crippen LogP contribution in [0.25, 0.3) is 106 Å². The van der Waals surface area contributed by atoms with Gasteiger partial charge in [0.05, 0.1) is 33.1 Å². The maximum absolute atomic E-state index is 5.18. The van der Waals surface area contributed by atoms with Crippen LogP contribution in [0.4, 0.5) is 0 Å². The van der Waals surface area contributed by atoms with E-state index in [9.17, 15) is 0 Å². The van der Waals surface area contributed by atoms with Crippen LogP contribution in [-0.4, -0.2) is 28.7 Å². The Labute approximate surface area is 327 Å². The summed E-state index contributed by atoms with van der Waals surface area (Å²) in [4.78, 5) is 15.4. The Balaban J connectivity index is 1.13. The van der Waals surface area contributed by atoms with Crippen LogP contribution in [0, 0.1) is 0 Å². The van der Waals surface area contributed by atoms with Crippen LogP contribution in [0.3, 0.4) is 0 Å². The van der Waals surface area contributed by atoms with Gasteiger partial charge in [-0.25, -0.2) is 4.98 Å². The number of rotatable bonds is 5. The van der Waals surface area contributed by atoms with Crippen molar-refractivity contribution in [1.29, 1.82) is 0 Å². The molecule has 0 aliphatic carbocycles. The maximum Gasteiger partial charge on any atom is 0.238 e. The SMILES string of the molecule is c1ccc(-c2nc(-c3ccccc3)nc(-n3c4ccccc4c4c3ccc3c5ccccc5n(-c5ccc(-n6c7ccccc7c7ccccc76)cc5)c34)n2)cc1. The number of fused-ring (bicyclic) bond motifs is 10. The molecule has 6 heteroatoms. The van der Waals surface area contributed by atoms with Crippen LogP contribution in [0.2, 0.25) is 0 Å². The third kappa shape index (κ3) is 4.74. The summed E-state index contributed by atoms with van der Waals surface area (Å²) in [6.45, 7) is 0. The Hall–Kier alpha value is -7.83. The van der Waals surface area contributed by atoms with Gasteiger partial charge in [-0.2, -0.15) is 9.97 Å². The van der Waals surface area contributed by atoms with Gasteiger partial charge in [0.1, 0.15) is 0 Å². The van der Waals surface area contributed by atoms with Gasteiger partial charge in [-0.05, 0) is 54.6 Å². The minimum atomic E-state index is 0.575. The molecule has 0 saturated heterocycles. The number of para-hydroxylation sites is 4. The Morgan fingerprint density at radius 1 is 0.281 bits per heavy atom. The van der Waals surface area contributed by atoms with Gasteiger partial charge >= 0.3 is 0 Å². The number of hydrogen-bond donors (Lipinski definition) is 0. The fourth-order valence-electron chi connectivity index (χ4n) is 8.84. The van der Waals surface area contributed by atoms with Crippen molar-refractivity contribution in [2.45, 2.75) is 0 Å². The minimum absolute atomic E-state index is 0.575. The Morgan fingerprint density at radius 3 is 1.25 bits per heavy atom. The number of hydrogen-bond acceptors (Lipinski definition) is 3. The molecule has 8 aromatic carbocycles. The third-order valence-electron chi connectivity index (χ3n) is 11.3. The lowest BCUT2D eigenvalue weighted by Gasteiger charge is -2.12. The zero-order valence-corrected chi connectivity index (χ0v) is 30.7. The van der Waals surface area contributed by atoms with E-state index in [4.69, 9.17) is 15.0 Å². The first-order valence-corrected chi connectivity index (χ1v) is 19.2. The summed E-state index contributed by atoms with van der Waals surface area (Å²) in [5.74, 6) is 1.83. The molecule has 4 aromatic heterocycles. The highest BCUT2D eigenvalue weighted by Crippen LogP contribution is 2.42. The van der Waals surface area contributed by atoms with Crippen molar-refractivity contribution in [2.24, 2.45) is 0 Å². The molecule has 12 rings (SSSR count). The molecule has 0 N–H and O–H groups in total. The van der Waals surface area contributed by atoms with Crippen molar-refractivity contribution in [3.8, 4) is 40.1 Å². The fourth-order valence-corrected chi connectivity index (χ4v) is 8.84. The number of aromatic nitrogens is 6. The lowest BCUT2D eigenvalue weighted by Crippen LogP contribution is -2.06. The second-order valence-corrected chi connectivity index (χ2v) is 14.5. The molecule has 0 aliphatic heterocycles. The first kappa shape index (κ1) is 31.5. The molecule has 0 atom stereocenters. The summed E-state index contributed by atoms with van der Waals surface area (Å²) < 4.78 is 7.00. The van der Waals surface area contributed by atoms with E-state index in [1.807, 2.05) is 60.7 Å². The monoisotopic (exact) mass is 728 g/mol. The summed E-state index contributed by atoms with van der Waals surface area (Å²) >= 11 is 0. The summed E-state index contributed by atoms with van der Waals surface area (Å²) in [5, 5.41) is 7.18. The first-order valence-electron chi connectivity index (χ1n) is 19.2. The Morgan fingerprint density at radius 2 is 0.702 bits per heavy atom. The Bertz CT molecular complexity index is 3390. The van der Waals surface area contributed by atoms with Gasteiger partial charge in [0.2, 0.25) is 5.95 Å². The number of nitrogens with zero attached hydrogens (tertiary/aromatic N) is 6. The predicted molar refractivity (Wildman–Crippen MR) is 234 cm³/mol. The third-order valence-corrected chi connectivity index (χ3v) is 11.3. The average Bonchev–Trinajstić information content (AvgIpc) is 3.93. The summed E-state index contributed by atoms with van der Waals surface area (Å²) in [5.41, 5.74) is 10.8. The second-order valence-electron chi connectivity index (χ2n) is 14.5. The highest BCUT2D eigenvalue weighted by Gasteiger charge is 2.23. The lowest BCUT2D eigenvalue weighted by atomic mass is 10.1. The molecule has 0 aliphatic rings. The van der Waals surface area contributed by atoms with Crippen molar-refractivity contribution in [1.82, 2.24) is 28.7 Å². The van der Waals surface area contributed by atoms with Crippen molar-refractivity contribution < 1.29 is 0 Å². The van der Waals surface area contributed by atoms with Crippen LogP contribution in [0.15, 0.2) is 194 Å². The highest BCUT2D eigenvalue weighted by atomic mass is 15.2. The van der Waals surface area contributed by atoms with Crippen LogP contribution >= 0.6 is 0 Å². The van der Waals surface area contributed by atoms with E-state index in [0.717, 1.165) is 55.3 Å². The fraction of sp³-hybridized carbons (Fsp3) is 0. The van der Waals surface area contributed by atoms with Gasteiger partial charge in [0.25, 0.3) is 0 Å². The van der Waals surface area contributed by atoms with Gasteiger partial charge in [0.15, 0.2) is 11.6 Å². The van der Waals surface area contributed by atoms with Crippen molar-refractivity contribution in [2.75, 3.05) is 0 Å². The van der Waals surface area contributed by atoms with Crippen LogP contribution < -0.4 is 0 Å². The van der Waals surface area contributed by atoms with E-state index < -0.39 is 0 Å². The molecule has 0 radical (unpaired) electrons. The Kier molecular flexibility index (Phi) is 6.83. The highest BCUT2D eigenvalue weighted by molar-refractivity contribution is 6.26. The molecule has 0 spiro atoms. The van der Waals surface area contributed by atoms with Crippen LogP contribution in [0.5, 0.6) is 0 Å². The standard InChI is InChI=1S/C51H32N6/c1-3-15-33(16-4-1)49-52-50(34-17-5-2-6-18-34)54-51(53-49)57-45-26-14-10-22-41(45)47-46(57)32-31-40-39-21-9-13-25-44(39)56(48(40)47)36-29-27-35(28-30-36)55-42-23-11-7-19-37(42)38-20-8-12-24-43(38)55/h1-32H. The molecule has 0 saturated carbocycles. The van der Waals surface area contributed by atoms with Crippen molar-refractivity contribution in [3.63, 3.8) is 0 Å². The molecule has 0 fully saturated rings. The second kappa shape index (κ2) is 12.3. The predicted octanol–water partition coefficient (Wildman–Crippen LogP) is 12.5. The molecule has 0 bridgehead atoms. The van der Waals surface area contributed by atoms with Gasteiger partial charge in [-0.1, -0.05) is 140 Å². The molecular weight excluding hydrogens is 697 g/mol. The van der Waals surface area contributed by atoms with E-state index >= 15 is 0 Å². The molecule has 266 valence electrons. The largest absolute Gasteiger partial charge is 0.309 e. The quantitative estimate of drug-likeness (QED) is 0.177. The summed E-state index contributed by atoms with van der Waals surface area (Å²) in [7, 11) is 0. The molecule has 0 unspecified atom stereocenters. The molecule has 57 heavy (non-hydrogen) atoms. The van der Waals surface area contributed by atoms with Gasteiger partial charge < -0.3 is 9.13 Å². The minimum Gasteiger partial charge on any atom is -0.309 e. The zero-order chi connectivity index (χ0) is 37.5. The smallest absolute Gasteiger partial charge is 0.238 e. The van der Waals surface area contributed by atoms with E-state index in [1.165, 1.54) is 32.6 Å². The molecular formula is C51H32N6. The summed E-state index contributed by atoms with van der Waals surface area (Å²) in [6.07, 6.45) is 0. The molecule has 12 aromatic rings. The van der Waals surface area contributed by atoms with E-state index in [2.05, 4.69) is 147 Å². The topological polar surface area (TPSA) is 53.5 Å². The van der Waals surface area contributed by atoms with Gasteiger partial charge in [-0.15, -0.1) is 0 Å². The van der Waals surface area contributed by atoms with E-state index in [-0.39, 0.29) is 0 Å². The van der Waals surface area contributed by atoms with E-state index in [1.54, 1.807) is 0 Å². The van der Waals surface area contributed by atoms with Crippen molar-refractivity contribution in [3.05, 3.63) is 194 Å². The molecule has 4 heterocycles. The van der Waals surface area contributed by atoms with Gasteiger partial charge in [-0.3, -0.25) is 4.57 Å². The summed E-state index contributed by atoms with van der Waals surface area (Å²) in [6, 6.07) is 68.5. The average molecular weight is 729 g/mol. The molecule has 0 amide bonds. The maximum atomic E-state index is 5.18. The zero-order valence-electron chi connectivity index (χ0n) is 30.7. The van der Waals surface area contributed by atoms with Crippen molar-refractivity contribution >= 4 is 65.4 Å². The van der Waals surface area contributed by atoms with Crippen LogP contribution in [0.1, 0.15) is 0 Å². The number of benzene rings is 8. The molecule has 6 nitrogen and oxygen atoms in total. The lowest BCUT2D eigenvalue weighted by molar-refractivity contribution is 0.953. The van der Waals surface area contributed by atoms with Crippen LogP contribution in [-0.2, 0) is 0 Å². The van der Waals surface area contributed by atoms with Gasteiger partial charge in [0, 0.05) is 54.8 Å². The first-order chi connectivity index (χ1) is 28.3. The normalized spacial score (nSPS) is 11.9.